The summed E-state index contributed by atoms with van der Waals surface area (Å²) in [6, 6.07) is 1.12. The number of nitrogens with one attached hydrogen (secondary N) is 1. The van der Waals surface area contributed by atoms with Gasteiger partial charge in [-0.15, -0.1) is 0 Å². The molecule has 0 amide bonds. The highest BCUT2D eigenvalue weighted by Gasteiger charge is 2.18. The van der Waals surface area contributed by atoms with Crippen molar-refractivity contribution in [2.45, 2.75) is 13.8 Å². The average Bonchev–Trinajstić information content (AvgIpc) is 2.17. The summed E-state index contributed by atoms with van der Waals surface area (Å²) in [4.78, 5) is 25.1. The maximum atomic E-state index is 11.6. The number of pyridine rings is 1. The molecule has 0 radical (unpaired) electrons. The first-order chi connectivity index (χ1) is 7.60. The van der Waals surface area contributed by atoms with E-state index in [1.165, 1.54) is 0 Å². The molecule has 0 aromatic carbocycles. The van der Waals surface area contributed by atoms with E-state index in [9.17, 15) is 9.59 Å². The fourth-order valence-electron chi connectivity index (χ4n) is 1.22. The minimum absolute atomic E-state index is 0.0469. The lowest BCUT2D eigenvalue weighted by molar-refractivity contribution is 0.0522. The Morgan fingerprint density at radius 1 is 1.44 bits per heavy atom. The number of hydrogen-bond donors (Lipinski definition) is 2. The molecule has 0 spiro atoms. The second kappa shape index (κ2) is 5.20. The number of nitrogen functional groups attached to an aromatic ring is 1. The van der Waals surface area contributed by atoms with Crippen molar-refractivity contribution in [1.82, 2.24) is 4.98 Å². The molecule has 0 bridgehead atoms. The lowest BCUT2D eigenvalue weighted by Crippen LogP contribution is -2.17. The third-order valence-corrected chi connectivity index (χ3v) is 1.81. The van der Waals surface area contributed by atoms with E-state index in [0.717, 1.165) is 6.07 Å². The molecule has 1 heterocycles. The molecule has 3 N–H and O–H groups in total. The molecule has 0 atom stereocenters. The van der Waals surface area contributed by atoms with Gasteiger partial charge in [0.15, 0.2) is 0 Å². The smallest absolute Gasteiger partial charge is 0.345 e. The van der Waals surface area contributed by atoms with Crippen LogP contribution in [0.5, 0.6) is 5.88 Å². The number of nitrogens with two attached hydrogens (primary N) is 1. The number of aromatic amines is 1. The van der Waals surface area contributed by atoms with Gasteiger partial charge in [-0.2, -0.15) is 0 Å². The van der Waals surface area contributed by atoms with Crippen LogP contribution < -0.4 is 16.0 Å². The van der Waals surface area contributed by atoms with Crippen molar-refractivity contribution in [2.75, 3.05) is 18.9 Å². The highest BCUT2D eigenvalue weighted by atomic mass is 16.5. The van der Waals surface area contributed by atoms with Gasteiger partial charge in [0.25, 0.3) is 5.56 Å². The number of ether oxygens (including phenoxy) is 2. The van der Waals surface area contributed by atoms with Gasteiger partial charge in [-0.25, -0.2) is 4.79 Å². The molecule has 1 aromatic heterocycles. The number of H-pyrrole nitrogens is 1. The molecule has 0 aliphatic carbocycles. The van der Waals surface area contributed by atoms with E-state index in [1.807, 2.05) is 0 Å². The van der Waals surface area contributed by atoms with Crippen LogP contribution >= 0.6 is 0 Å². The van der Waals surface area contributed by atoms with E-state index in [-0.39, 0.29) is 23.7 Å². The van der Waals surface area contributed by atoms with Crippen LogP contribution in [0.15, 0.2) is 10.9 Å². The summed E-state index contributed by atoms with van der Waals surface area (Å²) in [5, 5.41) is 0. The molecule has 6 nitrogen and oxygen atoms in total. The fourth-order valence-corrected chi connectivity index (χ4v) is 1.22. The van der Waals surface area contributed by atoms with E-state index in [1.54, 1.807) is 13.8 Å². The Hall–Kier alpha value is -1.98. The number of carbonyl (C=O) groups is 1. The van der Waals surface area contributed by atoms with Crippen molar-refractivity contribution >= 4 is 11.7 Å². The molecular formula is C10H14N2O4. The van der Waals surface area contributed by atoms with Gasteiger partial charge in [-0.3, -0.25) is 9.78 Å². The average molecular weight is 226 g/mol. The van der Waals surface area contributed by atoms with E-state index < -0.39 is 11.5 Å². The predicted molar refractivity (Wildman–Crippen MR) is 58.6 cm³/mol. The third-order valence-electron chi connectivity index (χ3n) is 1.81. The Labute approximate surface area is 92.4 Å². The lowest BCUT2D eigenvalue weighted by atomic mass is 10.2. The van der Waals surface area contributed by atoms with Crippen molar-refractivity contribution in [3.05, 3.63) is 22.0 Å². The number of anilines is 1. The number of hydrogen-bond acceptors (Lipinski definition) is 5. The molecule has 0 aliphatic rings. The molecule has 0 saturated heterocycles. The van der Waals surface area contributed by atoms with Crippen molar-refractivity contribution in [3.8, 4) is 5.88 Å². The quantitative estimate of drug-likeness (QED) is 0.730. The minimum atomic E-state index is -0.611. The predicted octanol–water partition coefficient (Wildman–Crippen LogP) is 0.532. The van der Waals surface area contributed by atoms with Crippen LogP contribution in [0, 0.1) is 0 Å². The van der Waals surface area contributed by atoms with Crippen molar-refractivity contribution in [1.29, 1.82) is 0 Å². The summed E-state index contributed by atoms with van der Waals surface area (Å²) in [6.07, 6.45) is 0. The van der Waals surface area contributed by atoms with Gasteiger partial charge in [0.05, 0.1) is 18.9 Å². The molecule has 0 unspecified atom stereocenters. The fraction of sp³-hybridized carbons (Fsp3) is 0.400. The second-order valence-electron chi connectivity index (χ2n) is 2.95. The monoisotopic (exact) mass is 226 g/mol. The minimum Gasteiger partial charge on any atom is -0.479 e. The lowest BCUT2D eigenvalue weighted by Gasteiger charge is -2.10. The zero-order valence-corrected chi connectivity index (χ0v) is 9.20. The summed E-state index contributed by atoms with van der Waals surface area (Å²) in [6.45, 7) is 3.95. The molecule has 88 valence electrons. The van der Waals surface area contributed by atoms with Crippen LogP contribution in [0.3, 0.4) is 0 Å². The summed E-state index contributed by atoms with van der Waals surface area (Å²) in [5.41, 5.74) is 5.27. The van der Waals surface area contributed by atoms with Crippen LogP contribution in [-0.4, -0.2) is 24.2 Å². The van der Waals surface area contributed by atoms with Gasteiger partial charge in [0, 0.05) is 6.07 Å². The molecule has 16 heavy (non-hydrogen) atoms. The molecule has 1 aromatic rings. The van der Waals surface area contributed by atoms with Gasteiger partial charge < -0.3 is 15.2 Å². The van der Waals surface area contributed by atoms with Gasteiger partial charge in [-0.1, -0.05) is 0 Å². The maximum absolute atomic E-state index is 11.6. The van der Waals surface area contributed by atoms with Gasteiger partial charge in [0.1, 0.15) is 5.56 Å². The Morgan fingerprint density at radius 2 is 2.12 bits per heavy atom. The zero-order chi connectivity index (χ0) is 12.1. The van der Waals surface area contributed by atoms with Crippen molar-refractivity contribution in [2.24, 2.45) is 0 Å². The highest BCUT2D eigenvalue weighted by molar-refractivity contribution is 5.97. The summed E-state index contributed by atoms with van der Waals surface area (Å²) in [5.74, 6) is -0.564. The van der Waals surface area contributed by atoms with Crippen molar-refractivity contribution in [3.63, 3.8) is 0 Å². The van der Waals surface area contributed by atoms with Crippen LogP contribution in [0.2, 0.25) is 0 Å². The summed E-state index contributed by atoms with van der Waals surface area (Å²) >= 11 is 0. The number of aromatic nitrogens is 1. The molecule has 1 rings (SSSR count). The second-order valence-corrected chi connectivity index (χ2v) is 2.95. The van der Waals surface area contributed by atoms with E-state index >= 15 is 0 Å². The highest BCUT2D eigenvalue weighted by Crippen LogP contribution is 2.20. The van der Waals surface area contributed by atoms with Crippen LogP contribution in [-0.2, 0) is 4.74 Å². The summed E-state index contributed by atoms with van der Waals surface area (Å²) in [7, 11) is 0. The standard InChI is InChI=1S/C10H14N2O4/c1-3-15-9-8(10(14)16-4-2)6(11)5-7(13)12-9/h5H,3-4H2,1-2H3,(H3,11,12,13). The van der Waals surface area contributed by atoms with Gasteiger partial charge >= 0.3 is 5.97 Å². The van der Waals surface area contributed by atoms with Crippen LogP contribution in [0.1, 0.15) is 24.2 Å². The Balaban J connectivity index is 3.23. The first-order valence-electron chi connectivity index (χ1n) is 4.92. The normalized spacial score (nSPS) is 9.88. The summed E-state index contributed by atoms with van der Waals surface area (Å²) < 4.78 is 9.94. The SMILES string of the molecule is CCOC(=O)c1c(N)cc(=O)[nH]c1OCC. The Bertz CT molecular complexity index is 439. The number of rotatable bonds is 4. The first kappa shape index (κ1) is 12.1. The Morgan fingerprint density at radius 3 is 2.69 bits per heavy atom. The maximum Gasteiger partial charge on any atom is 0.345 e. The molecule has 0 aliphatic heterocycles. The first-order valence-corrected chi connectivity index (χ1v) is 4.92. The number of carbonyl (C=O) groups excluding carboxylic acids is 1. The largest absolute Gasteiger partial charge is 0.479 e. The third kappa shape index (κ3) is 2.53. The molecule has 6 heteroatoms. The molecular weight excluding hydrogens is 212 g/mol. The number of esters is 1. The van der Waals surface area contributed by atoms with Crippen LogP contribution in [0.25, 0.3) is 0 Å². The van der Waals surface area contributed by atoms with Gasteiger partial charge in [0.2, 0.25) is 5.88 Å². The van der Waals surface area contributed by atoms with Crippen molar-refractivity contribution < 1.29 is 14.3 Å². The van der Waals surface area contributed by atoms with E-state index in [4.69, 9.17) is 15.2 Å². The van der Waals surface area contributed by atoms with E-state index in [0.29, 0.717) is 6.61 Å². The Kier molecular flexibility index (Phi) is 3.93. The zero-order valence-electron chi connectivity index (χ0n) is 9.20. The molecule has 0 fully saturated rings. The van der Waals surface area contributed by atoms with Gasteiger partial charge in [-0.05, 0) is 13.8 Å². The topological polar surface area (TPSA) is 94.4 Å². The van der Waals surface area contributed by atoms with E-state index in [2.05, 4.69) is 4.98 Å². The van der Waals surface area contributed by atoms with Crippen LogP contribution in [0.4, 0.5) is 5.69 Å². The molecule has 0 saturated carbocycles.